The van der Waals surface area contributed by atoms with Gasteiger partial charge in [0.2, 0.25) is 11.9 Å². The summed E-state index contributed by atoms with van der Waals surface area (Å²) in [4.78, 5) is 35.9. The molecule has 0 unspecified atom stereocenters. The molecule has 0 aromatic carbocycles. The number of nitrogens with two attached hydrogens (primary N) is 1. The molecule has 2 fully saturated rings. The van der Waals surface area contributed by atoms with Gasteiger partial charge in [-0.25, -0.2) is 14.8 Å². The zero-order valence-electron chi connectivity index (χ0n) is 14.2. The minimum atomic E-state index is -0.152. The van der Waals surface area contributed by atoms with Gasteiger partial charge in [0.1, 0.15) is 0 Å². The van der Waals surface area contributed by atoms with Crippen LogP contribution in [0.5, 0.6) is 0 Å². The van der Waals surface area contributed by atoms with Gasteiger partial charge >= 0.3 is 6.03 Å². The monoisotopic (exact) mass is 344 g/mol. The minimum Gasteiger partial charge on any atom is -0.368 e. The molecule has 8 nitrogen and oxygen atoms in total. The Kier molecular flexibility index (Phi) is 5.47. The van der Waals surface area contributed by atoms with Crippen LogP contribution in [-0.2, 0) is 4.79 Å². The van der Waals surface area contributed by atoms with E-state index in [4.69, 9.17) is 5.73 Å². The lowest BCUT2D eigenvalue weighted by atomic mass is 10.1. The van der Waals surface area contributed by atoms with E-state index in [1.807, 2.05) is 9.80 Å². The van der Waals surface area contributed by atoms with E-state index in [0.29, 0.717) is 13.1 Å². The molecule has 3 amide bonds. The van der Waals surface area contributed by atoms with Crippen molar-refractivity contribution in [2.24, 2.45) is 0 Å². The van der Waals surface area contributed by atoms with Gasteiger partial charge < -0.3 is 20.9 Å². The summed E-state index contributed by atoms with van der Waals surface area (Å²) in [6.07, 6.45) is 10.0. The van der Waals surface area contributed by atoms with E-state index >= 15 is 0 Å². The van der Waals surface area contributed by atoms with Crippen LogP contribution in [-0.4, -0.2) is 63.9 Å². The van der Waals surface area contributed by atoms with Crippen LogP contribution in [0, 0.1) is 0 Å². The van der Waals surface area contributed by atoms with Crippen molar-refractivity contribution in [1.29, 1.82) is 0 Å². The number of hydrogen-bond donors (Lipinski definition) is 2. The molecule has 0 radical (unpaired) electrons. The van der Waals surface area contributed by atoms with Crippen LogP contribution < -0.4 is 11.1 Å². The first-order chi connectivity index (χ1) is 12.1. The summed E-state index contributed by atoms with van der Waals surface area (Å²) in [6.45, 7) is 3.12. The molecule has 8 heteroatoms. The Morgan fingerprint density at radius 3 is 2.32 bits per heavy atom. The molecule has 0 atom stereocenters. The number of urea groups is 1. The summed E-state index contributed by atoms with van der Waals surface area (Å²) in [6, 6.07) is 0.243. The molecule has 0 bridgehead atoms. The SMILES string of the molecule is Nc1ncc(C=CC(=O)NC2CCN(C(=O)N3CCCC3)CC2)cn1. The summed E-state index contributed by atoms with van der Waals surface area (Å²) >= 11 is 0. The second kappa shape index (κ2) is 7.96. The van der Waals surface area contributed by atoms with Crippen molar-refractivity contribution in [1.82, 2.24) is 25.1 Å². The number of hydrogen-bond acceptors (Lipinski definition) is 5. The molecule has 3 heterocycles. The van der Waals surface area contributed by atoms with Crippen LogP contribution in [0.4, 0.5) is 10.7 Å². The first-order valence-corrected chi connectivity index (χ1v) is 8.72. The molecule has 1 aromatic heterocycles. The van der Waals surface area contributed by atoms with Gasteiger partial charge in [0, 0.05) is 56.3 Å². The number of rotatable bonds is 3. The fourth-order valence-electron chi connectivity index (χ4n) is 3.18. The van der Waals surface area contributed by atoms with Crippen molar-refractivity contribution in [2.75, 3.05) is 31.9 Å². The number of amides is 3. The van der Waals surface area contributed by atoms with Crippen LogP contribution in [0.15, 0.2) is 18.5 Å². The molecule has 25 heavy (non-hydrogen) atoms. The highest BCUT2D eigenvalue weighted by Gasteiger charge is 2.27. The number of aromatic nitrogens is 2. The topological polar surface area (TPSA) is 104 Å². The molecular weight excluding hydrogens is 320 g/mol. The second-order valence-corrected chi connectivity index (χ2v) is 6.45. The Morgan fingerprint density at radius 1 is 1.08 bits per heavy atom. The number of nitrogen functional groups attached to an aromatic ring is 1. The van der Waals surface area contributed by atoms with Gasteiger partial charge in [-0.2, -0.15) is 0 Å². The third-order valence-electron chi connectivity index (χ3n) is 4.61. The van der Waals surface area contributed by atoms with Crippen LogP contribution >= 0.6 is 0 Å². The summed E-state index contributed by atoms with van der Waals surface area (Å²) in [5.41, 5.74) is 6.14. The van der Waals surface area contributed by atoms with Gasteiger partial charge in [-0.05, 0) is 31.8 Å². The van der Waals surface area contributed by atoms with Crippen LogP contribution in [0.25, 0.3) is 6.08 Å². The van der Waals surface area contributed by atoms with E-state index in [1.54, 1.807) is 18.5 Å². The minimum absolute atomic E-state index is 0.0995. The highest BCUT2D eigenvalue weighted by Crippen LogP contribution is 2.16. The van der Waals surface area contributed by atoms with Crippen LogP contribution in [0.3, 0.4) is 0 Å². The molecule has 0 aliphatic carbocycles. The number of carbonyl (C=O) groups excluding carboxylic acids is 2. The van der Waals surface area contributed by atoms with Gasteiger partial charge in [-0.15, -0.1) is 0 Å². The number of likely N-dealkylation sites (tertiary alicyclic amines) is 2. The average Bonchev–Trinajstić information content (AvgIpc) is 3.16. The highest BCUT2D eigenvalue weighted by atomic mass is 16.2. The Balaban J connectivity index is 1.43. The van der Waals surface area contributed by atoms with Crippen LogP contribution in [0.1, 0.15) is 31.2 Å². The zero-order chi connectivity index (χ0) is 17.6. The van der Waals surface area contributed by atoms with E-state index in [1.165, 1.54) is 6.08 Å². The third kappa shape index (κ3) is 4.68. The summed E-state index contributed by atoms with van der Waals surface area (Å²) in [7, 11) is 0. The molecule has 2 saturated heterocycles. The Hall–Kier alpha value is -2.64. The molecule has 3 rings (SSSR count). The lowest BCUT2D eigenvalue weighted by molar-refractivity contribution is -0.117. The quantitative estimate of drug-likeness (QED) is 0.792. The fraction of sp³-hybridized carbons (Fsp3) is 0.529. The number of anilines is 1. The van der Waals surface area contributed by atoms with Crippen molar-refractivity contribution in [2.45, 2.75) is 31.7 Å². The lowest BCUT2D eigenvalue weighted by Crippen LogP contribution is -2.49. The van der Waals surface area contributed by atoms with Gasteiger partial charge in [-0.3, -0.25) is 4.79 Å². The Bertz CT molecular complexity index is 631. The Morgan fingerprint density at radius 2 is 1.68 bits per heavy atom. The first-order valence-electron chi connectivity index (χ1n) is 8.72. The van der Waals surface area contributed by atoms with Crippen molar-refractivity contribution < 1.29 is 9.59 Å². The fourth-order valence-corrected chi connectivity index (χ4v) is 3.18. The molecular formula is C17H24N6O2. The third-order valence-corrected chi connectivity index (χ3v) is 4.61. The zero-order valence-corrected chi connectivity index (χ0v) is 14.2. The van der Waals surface area contributed by atoms with E-state index in [9.17, 15) is 9.59 Å². The summed E-state index contributed by atoms with van der Waals surface area (Å²) in [5, 5.41) is 2.99. The first kappa shape index (κ1) is 17.2. The van der Waals surface area contributed by atoms with Gasteiger partial charge in [0.25, 0.3) is 0 Å². The van der Waals surface area contributed by atoms with E-state index in [2.05, 4.69) is 15.3 Å². The molecule has 134 valence electrons. The van der Waals surface area contributed by atoms with E-state index < -0.39 is 0 Å². The predicted octanol–water partition coefficient (Wildman–Crippen LogP) is 0.868. The van der Waals surface area contributed by atoms with E-state index in [0.717, 1.165) is 44.3 Å². The van der Waals surface area contributed by atoms with Crippen molar-refractivity contribution in [3.05, 3.63) is 24.0 Å². The van der Waals surface area contributed by atoms with E-state index in [-0.39, 0.29) is 23.9 Å². The Labute approximate surface area is 147 Å². The second-order valence-electron chi connectivity index (χ2n) is 6.45. The maximum absolute atomic E-state index is 12.3. The highest BCUT2D eigenvalue weighted by molar-refractivity contribution is 5.91. The molecule has 3 N–H and O–H groups in total. The molecule has 1 aromatic rings. The van der Waals surface area contributed by atoms with Crippen molar-refractivity contribution in [3.63, 3.8) is 0 Å². The molecule has 2 aliphatic heterocycles. The van der Waals surface area contributed by atoms with Gasteiger partial charge in [0.05, 0.1) is 0 Å². The maximum Gasteiger partial charge on any atom is 0.319 e. The molecule has 0 saturated carbocycles. The standard InChI is InChI=1S/C17H24N6O2/c18-16-19-11-13(12-20-16)3-4-15(24)21-14-5-9-23(10-6-14)17(25)22-7-1-2-8-22/h3-4,11-12,14H,1-2,5-10H2,(H,21,24)(H2,18,19,20). The predicted molar refractivity (Wildman–Crippen MR) is 94.4 cm³/mol. The normalized spacial score (nSPS) is 18.7. The summed E-state index contributed by atoms with van der Waals surface area (Å²) in [5.74, 6) is 0.0537. The lowest BCUT2D eigenvalue weighted by Gasteiger charge is -2.34. The number of carbonyl (C=O) groups is 2. The van der Waals surface area contributed by atoms with Crippen LogP contribution in [0.2, 0.25) is 0 Å². The number of nitrogens with zero attached hydrogens (tertiary/aromatic N) is 4. The summed E-state index contributed by atoms with van der Waals surface area (Å²) < 4.78 is 0. The smallest absolute Gasteiger partial charge is 0.319 e. The van der Waals surface area contributed by atoms with Crippen molar-refractivity contribution in [3.8, 4) is 0 Å². The molecule has 2 aliphatic rings. The largest absolute Gasteiger partial charge is 0.368 e. The number of piperidine rings is 1. The average molecular weight is 344 g/mol. The molecule has 0 spiro atoms. The van der Waals surface area contributed by atoms with Gasteiger partial charge in [-0.1, -0.05) is 0 Å². The van der Waals surface area contributed by atoms with Gasteiger partial charge in [0.15, 0.2) is 0 Å². The van der Waals surface area contributed by atoms with Crippen molar-refractivity contribution >= 4 is 24.0 Å². The maximum atomic E-state index is 12.3. The number of nitrogens with one attached hydrogen (secondary N) is 1.